The van der Waals surface area contributed by atoms with Gasteiger partial charge in [-0.3, -0.25) is 0 Å². The Balaban J connectivity index is 1.59. The van der Waals surface area contributed by atoms with Gasteiger partial charge in [-0.2, -0.15) is 4.98 Å². The van der Waals surface area contributed by atoms with Crippen LogP contribution in [0.1, 0.15) is 18.6 Å². The summed E-state index contributed by atoms with van der Waals surface area (Å²) in [6.45, 7) is 1.99. The number of rotatable bonds is 7. The van der Waals surface area contributed by atoms with Crippen molar-refractivity contribution in [1.29, 1.82) is 0 Å². The first-order valence-electron chi connectivity index (χ1n) is 6.95. The summed E-state index contributed by atoms with van der Waals surface area (Å²) in [5.74, 6) is 2.70. The number of methoxy groups -OCH3 is 1. The van der Waals surface area contributed by atoms with E-state index in [2.05, 4.69) is 25.7 Å². The quantitative estimate of drug-likeness (QED) is 0.648. The Morgan fingerprint density at radius 1 is 1.35 bits per heavy atom. The molecule has 0 aliphatic rings. The van der Waals surface area contributed by atoms with Gasteiger partial charge in [0.05, 0.1) is 12.9 Å². The van der Waals surface area contributed by atoms with E-state index in [1.165, 1.54) is 23.1 Å². The molecule has 120 valence electrons. The number of aryl methyl sites for hydroxylation is 1. The maximum absolute atomic E-state index is 5.20. The maximum Gasteiger partial charge on any atom is 0.237 e. The van der Waals surface area contributed by atoms with Crippen LogP contribution in [0.4, 0.5) is 10.8 Å². The summed E-state index contributed by atoms with van der Waals surface area (Å²) in [5, 5.41) is 16.1. The van der Waals surface area contributed by atoms with Crippen LogP contribution < -0.4 is 10.1 Å². The Morgan fingerprint density at radius 3 is 3.04 bits per heavy atom. The lowest BCUT2D eigenvalue weighted by molar-refractivity contribution is 0.385. The van der Waals surface area contributed by atoms with Crippen molar-refractivity contribution < 1.29 is 9.26 Å². The van der Waals surface area contributed by atoms with Crippen molar-refractivity contribution in [2.24, 2.45) is 0 Å². The summed E-state index contributed by atoms with van der Waals surface area (Å²) >= 11 is 2.99. The first-order chi connectivity index (χ1) is 11.3. The van der Waals surface area contributed by atoms with Crippen molar-refractivity contribution in [2.75, 3.05) is 12.4 Å². The van der Waals surface area contributed by atoms with Crippen LogP contribution in [0.15, 0.2) is 33.1 Å². The van der Waals surface area contributed by atoms with E-state index in [1.54, 1.807) is 7.11 Å². The molecule has 23 heavy (non-hydrogen) atoms. The van der Waals surface area contributed by atoms with Gasteiger partial charge in [0, 0.05) is 18.2 Å². The highest BCUT2D eigenvalue weighted by molar-refractivity contribution is 8.00. The van der Waals surface area contributed by atoms with E-state index in [4.69, 9.17) is 9.26 Å². The van der Waals surface area contributed by atoms with E-state index in [1.807, 2.05) is 31.2 Å². The van der Waals surface area contributed by atoms with E-state index in [0.717, 1.165) is 33.2 Å². The highest BCUT2D eigenvalue weighted by Gasteiger charge is 2.09. The van der Waals surface area contributed by atoms with Crippen LogP contribution in [0.3, 0.4) is 0 Å². The number of aromatic nitrogens is 4. The summed E-state index contributed by atoms with van der Waals surface area (Å²) in [5.41, 5.74) is 0.904. The first kappa shape index (κ1) is 15.8. The number of anilines is 2. The Morgan fingerprint density at radius 2 is 2.26 bits per heavy atom. The highest BCUT2D eigenvalue weighted by atomic mass is 32.2. The molecule has 1 N–H and O–H groups in total. The van der Waals surface area contributed by atoms with Gasteiger partial charge in [0.25, 0.3) is 0 Å². The van der Waals surface area contributed by atoms with Gasteiger partial charge in [0.15, 0.2) is 10.2 Å². The minimum atomic E-state index is 0.584. The van der Waals surface area contributed by atoms with E-state index >= 15 is 0 Å². The molecule has 2 aromatic heterocycles. The average Bonchev–Trinajstić information content (AvgIpc) is 3.22. The van der Waals surface area contributed by atoms with Crippen LogP contribution in [-0.4, -0.2) is 27.4 Å². The van der Waals surface area contributed by atoms with Crippen LogP contribution in [0.2, 0.25) is 0 Å². The number of hydrogen-bond acceptors (Lipinski definition) is 9. The van der Waals surface area contributed by atoms with Gasteiger partial charge < -0.3 is 14.6 Å². The minimum Gasteiger partial charge on any atom is -0.497 e. The highest BCUT2D eigenvalue weighted by Crippen LogP contribution is 2.30. The topological polar surface area (TPSA) is 86.0 Å². The molecule has 0 bridgehead atoms. The normalized spacial score (nSPS) is 10.7. The molecule has 0 aliphatic heterocycles. The molecule has 0 radical (unpaired) electrons. The summed E-state index contributed by atoms with van der Waals surface area (Å²) in [6.07, 6.45) is 0.765. The molecule has 0 amide bonds. The fraction of sp³-hybridized carbons (Fsp3) is 0.286. The second-order valence-electron chi connectivity index (χ2n) is 4.48. The van der Waals surface area contributed by atoms with Gasteiger partial charge in [0.1, 0.15) is 5.75 Å². The predicted octanol–water partition coefficient (Wildman–Crippen LogP) is 3.53. The van der Waals surface area contributed by atoms with Gasteiger partial charge >= 0.3 is 0 Å². The molecule has 0 unspecified atom stereocenters. The number of ether oxygens (including phenoxy) is 1. The van der Waals surface area contributed by atoms with Crippen LogP contribution in [0.5, 0.6) is 5.75 Å². The molecule has 3 aromatic rings. The molecule has 9 heteroatoms. The largest absolute Gasteiger partial charge is 0.497 e. The zero-order chi connectivity index (χ0) is 16.1. The van der Waals surface area contributed by atoms with Crippen molar-refractivity contribution in [3.05, 3.63) is 36.0 Å². The second kappa shape index (κ2) is 7.42. The molecule has 1 aromatic carbocycles. The Bertz CT molecular complexity index is 774. The van der Waals surface area contributed by atoms with Crippen molar-refractivity contribution >= 4 is 33.9 Å². The Hall–Kier alpha value is -2.13. The van der Waals surface area contributed by atoms with E-state index in [-0.39, 0.29) is 0 Å². The molecular formula is C14H15N5O2S2. The van der Waals surface area contributed by atoms with Crippen LogP contribution >= 0.6 is 23.1 Å². The molecule has 0 saturated heterocycles. The summed E-state index contributed by atoms with van der Waals surface area (Å²) in [6, 6.07) is 7.65. The maximum atomic E-state index is 5.20. The number of benzene rings is 1. The zero-order valence-electron chi connectivity index (χ0n) is 12.6. The summed E-state index contributed by atoms with van der Waals surface area (Å²) in [4.78, 5) is 4.27. The van der Waals surface area contributed by atoms with E-state index < -0.39 is 0 Å². The number of nitrogens with zero attached hydrogens (tertiary/aromatic N) is 4. The van der Waals surface area contributed by atoms with Crippen LogP contribution in [0, 0.1) is 0 Å². The van der Waals surface area contributed by atoms with Crippen molar-refractivity contribution in [2.45, 2.75) is 23.4 Å². The number of thioether (sulfide) groups is 1. The number of hydrogen-bond donors (Lipinski definition) is 1. The van der Waals surface area contributed by atoms with Gasteiger partial charge in [-0.1, -0.05) is 41.2 Å². The second-order valence-corrected chi connectivity index (χ2v) is 6.68. The van der Waals surface area contributed by atoms with Crippen molar-refractivity contribution in [1.82, 2.24) is 20.3 Å². The molecular weight excluding hydrogens is 334 g/mol. The molecule has 3 rings (SSSR count). The van der Waals surface area contributed by atoms with E-state index in [9.17, 15) is 0 Å². The minimum absolute atomic E-state index is 0.584. The zero-order valence-corrected chi connectivity index (χ0v) is 14.3. The van der Waals surface area contributed by atoms with Gasteiger partial charge in [0.2, 0.25) is 11.0 Å². The third-order valence-electron chi connectivity index (χ3n) is 2.87. The van der Waals surface area contributed by atoms with Crippen LogP contribution in [-0.2, 0) is 12.2 Å². The summed E-state index contributed by atoms with van der Waals surface area (Å²) < 4.78 is 11.2. The lowest BCUT2D eigenvalue weighted by Crippen LogP contribution is -1.90. The monoisotopic (exact) mass is 349 g/mol. The third-order valence-corrected chi connectivity index (χ3v) is 4.83. The molecule has 0 fully saturated rings. The van der Waals surface area contributed by atoms with E-state index in [0.29, 0.717) is 11.6 Å². The molecule has 7 nitrogen and oxygen atoms in total. The first-order valence-corrected chi connectivity index (χ1v) is 8.76. The average molecular weight is 349 g/mol. The lowest BCUT2D eigenvalue weighted by Gasteiger charge is -2.04. The Kier molecular flexibility index (Phi) is 5.09. The fourth-order valence-electron chi connectivity index (χ4n) is 1.76. The standard InChI is InChI=1S/C14H15N5O2S2/c1-3-11-16-12(21-19-11)8-22-14-18-17-13(23-14)15-9-5-4-6-10(7-9)20-2/h4-7H,3,8H2,1-2H3,(H,15,17). The third kappa shape index (κ3) is 4.20. The van der Waals surface area contributed by atoms with Crippen molar-refractivity contribution in [3.63, 3.8) is 0 Å². The molecule has 0 aliphatic carbocycles. The molecule has 0 spiro atoms. The fourth-order valence-corrected chi connectivity index (χ4v) is 3.37. The van der Waals surface area contributed by atoms with Crippen LogP contribution in [0.25, 0.3) is 0 Å². The smallest absolute Gasteiger partial charge is 0.237 e. The molecule has 2 heterocycles. The van der Waals surface area contributed by atoms with Gasteiger partial charge in [-0.15, -0.1) is 10.2 Å². The number of nitrogens with one attached hydrogen (secondary N) is 1. The molecule has 0 saturated carbocycles. The summed E-state index contributed by atoms with van der Waals surface area (Å²) in [7, 11) is 1.64. The SMILES string of the molecule is CCc1noc(CSc2nnc(Nc3cccc(OC)c3)s2)n1. The molecule has 0 atom stereocenters. The predicted molar refractivity (Wildman–Crippen MR) is 89.4 cm³/mol. The lowest BCUT2D eigenvalue weighted by atomic mass is 10.3. The van der Waals surface area contributed by atoms with Gasteiger partial charge in [-0.25, -0.2) is 0 Å². The Labute approximate surface area is 141 Å². The van der Waals surface area contributed by atoms with Crippen molar-refractivity contribution in [3.8, 4) is 5.75 Å². The van der Waals surface area contributed by atoms with Gasteiger partial charge in [-0.05, 0) is 12.1 Å².